The summed E-state index contributed by atoms with van der Waals surface area (Å²) in [6.45, 7) is 0. The molecule has 2 rings (SSSR count). The predicted octanol–water partition coefficient (Wildman–Crippen LogP) is 2.87. The minimum absolute atomic E-state index is 0. The van der Waals surface area contributed by atoms with Crippen molar-refractivity contribution in [2.24, 2.45) is 0 Å². The van der Waals surface area contributed by atoms with Gasteiger partial charge in [0.15, 0.2) is 0 Å². The monoisotopic (exact) mass is 215 g/mol. The highest BCUT2D eigenvalue weighted by molar-refractivity contribution is 8.93. The topological polar surface area (TPSA) is 12.9 Å². The minimum Gasteiger partial charge on any atom is -0.245 e. The van der Waals surface area contributed by atoms with E-state index in [9.17, 15) is 0 Å². The van der Waals surface area contributed by atoms with Gasteiger partial charge in [0.2, 0.25) is 0 Å². The van der Waals surface area contributed by atoms with Gasteiger partial charge in [-0.15, -0.1) is 28.3 Å². The van der Waals surface area contributed by atoms with Crippen LogP contribution in [0, 0.1) is 0 Å². The van der Waals surface area contributed by atoms with E-state index in [4.69, 9.17) is 0 Å². The van der Waals surface area contributed by atoms with E-state index in [1.165, 1.54) is 4.70 Å². The summed E-state index contributed by atoms with van der Waals surface area (Å²) < 4.78 is 1.26. The van der Waals surface area contributed by atoms with Gasteiger partial charge in [-0.2, -0.15) is 0 Å². The summed E-state index contributed by atoms with van der Waals surface area (Å²) >= 11 is 1.68. The first-order valence-electron chi connectivity index (χ1n) is 2.75. The zero-order valence-electron chi connectivity index (χ0n) is 5.15. The molecule has 0 aliphatic carbocycles. The quantitative estimate of drug-likeness (QED) is 0.659. The van der Waals surface area contributed by atoms with Gasteiger partial charge in [-0.3, -0.25) is 0 Å². The third-order valence-corrected chi connectivity index (χ3v) is 2.05. The lowest BCUT2D eigenvalue weighted by molar-refractivity contribution is 1.50. The van der Waals surface area contributed by atoms with Crippen LogP contribution < -0.4 is 0 Å². The van der Waals surface area contributed by atoms with Crippen LogP contribution in [0.5, 0.6) is 0 Å². The van der Waals surface area contributed by atoms with Crippen molar-refractivity contribution in [3.8, 4) is 0 Å². The minimum atomic E-state index is 0. The smallest absolute Gasteiger partial charge is 0.0812 e. The second-order valence-corrected chi connectivity index (χ2v) is 2.71. The molecule has 0 saturated carbocycles. The summed E-state index contributed by atoms with van der Waals surface area (Å²) in [6.07, 6.45) is 0. The molecule has 3 heteroatoms. The molecule has 1 nitrogen and oxygen atoms in total. The van der Waals surface area contributed by atoms with Crippen molar-refractivity contribution in [1.82, 2.24) is 4.98 Å². The van der Waals surface area contributed by atoms with Crippen LogP contribution in [-0.4, -0.2) is 4.98 Å². The van der Waals surface area contributed by atoms with Crippen LogP contribution in [-0.2, 0) is 0 Å². The zero-order valence-corrected chi connectivity index (χ0v) is 7.68. The van der Waals surface area contributed by atoms with Gasteiger partial charge in [-0.25, -0.2) is 4.98 Å². The van der Waals surface area contributed by atoms with Crippen LogP contribution in [0.1, 0.15) is 0 Å². The molecule has 0 unspecified atom stereocenters. The Bertz CT molecular complexity index is 288. The highest BCUT2D eigenvalue weighted by atomic mass is 79.9. The fourth-order valence-electron chi connectivity index (χ4n) is 0.803. The molecule has 0 saturated heterocycles. The SMILES string of the molecule is Br.c1ccc2scnc2c1. The molecule has 0 radical (unpaired) electrons. The van der Waals surface area contributed by atoms with E-state index in [0.717, 1.165) is 5.52 Å². The standard InChI is InChI=1S/C7H5NS.BrH/c1-2-4-7-6(3-1)8-5-9-7;/h1-5H;1H. The van der Waals surface area contributed by atoms with E-state index < -0.39 is 0 Å². The Hall–Kier alpha value is -0.410. The number of fused-ring (bicyclic) bond motifs is 1. The molecule has 0 atom stereocenters. The van der Waals surface area contributed by atoms with Crippen molar-refractivity contribution in [2.75, 3.05) is 0 Å². The maximum Gasteiger partial charge on any atom is 0.0812 e. The Morgan fingerprint density at radius 2 is 2.00 bits per heavy atom. The Balaban J connectivity index is 0.000000500. The van der Waals surface area contributed by atoms with Crippen molar-refractivity contribution < 1.29 is 0 Å². The largest absolute Gasteiger partial charge is 0.245 e. The van der Waals surface area contributed by atoms with Crippen LogP contribution in [0.4, 0.5) is 0 Å². The Kier molecular flexibility index (Phi) is 2.40. The normalized spacial score (nSPS) is 9.20. The zero-order chi connectivity index (χ0) is 6.10. The second kappa shape index (κ2) is 3.12. The van der Waals surface area contributed by atoms with E-state index in [-0.39, 0.29) is 17.0 Å². The van der Waals surface area contributed by atoms with Crippen molar-refractivity contribution >= 4 is 38.5 Å². The molecule has 0 spiro atoms. The van der Waals surface area contributed by atoms with Gasteiger partial charge in [0.1, 0.15) is 0 Å². The number of nitrogens with zero attached hydrogens (tertiary/aromatic N) is 1. The number of rotatable bonds is 0. The number of halogens is 1. The van der Waals surface area contributed by atoms with Crippen molar-refractivity contribution in [2.45, 2.75) is 0 Å². The lowest BCUT2D eigenvalue weighted by Crippen LogP contribution is -1.61. The number of hydrogen-bond acceptors (Lipinski definition) is 2. The highest BCUT2D eigenvalue weighted by Gasteiger charge is 1.89. The summed E-state index contributed by atoms with van der Waals surface area (Å²) in [7, 11) is 0. The van der Waals surface area contributed by atoms with Crippen LogP contribution >= 0.6 is 28.3 Å². The first-order valence-corrected chi connectivity index (χ1v) is 3.63. The summed E-state index contributed by atoms with van der Waals surface area (Å²) in [4.78, 5) is 4.14. The predicted molar refractivity (Wildman–Crippen MR) is 49.9 cm³/mol. The molecule has 2 aromatic rings. The Labute approximate surface area is 73.5 Å². The van der Waals surface area contributed by atoms with Gasteiger partial charge < -0.3 is 0 Å². The van der Waals surface area contributed by atoms with Gasteiger partial charge in [-0.1, -0.05) is 12.1 Å². The average Bonchev–Trinajstić information content (AvgIpc) is 2.33. The molecule has 0 fully saturated rings. The number of benzene rings is 1. The van der Waals surface area contributed by atoms with E-state index in [1.54, 1.807) is 11.3 Å². The third kappa shape index (κ3) is 1.20. The molecule has 0 aliphatic heterocycles. The molecule has 0 N–H and O–H groups in total. The molecule has 10 heavy (non-hydrogen) atoms. The van der Waals surface area contributed by atoms with E-state index in [0.29, 0.717) is 0 Å². The molecule has 1 heterocycles. The number of hydrogen-bond donors (Lipinski definition) is 0. The summed E-state index contributed by atoms with van der Waals surface area (Å²) in [5, 5.41) is 0. The first kappa shape index (κ1) is 7.69. The molecule has 52 valence electrons. The molecule has 0 aliphatic rings. The molecule has 0 amide bonds. The highest BCUT2D eigenvalue weighted by Crippen LogP contribution is 2.15. The second-order valence-electron chi connectivity index (χ2n) is 1.82. The van der Waals surface area contributed by atoms with E-state index in [1.807, 2.05) is 23.7 Å². The van der Waals surface area contributed by atoms with E-state index in [2.05, 4.69) is 11.1 Å². The van der Waals surface area contributed by atoms with Crippen molar-refractivity contribution in [1.29, 1.82) is 0 Å². The molecule has 1 aromatic carbocycles. The van der Waals surface area contributed by atoms with Crippen LogP contribution in [0.25, 0.3) is 10.2 Å². The summed E-state index contributed by atoms with van der Waals surface area (Å²) in [6, 6.07) is 8.13. The molecular formula is C7H6BrNS. The number of aromatic nitrogens is 1. The lowest BCUT2D eigenvalue weighted by Gasteiger charge is -1.80. The maximum absolute atomic E-state index is 4.14. The average molecular weight is 216 g/mol. The van der Waals surface area contributed by atoms with Crippen LogP contribution in [0.2, 0.25) is 0 Å². The van der Waals surface area contributed by atoms with E-state index >= 15 is 0 Å². The van der Waals surface area contributed by atoms with Crippen LogP contribution in [0.15, 0.2) is 29.8 Å². The third-order valence-electron chi connectivity index (χ3n) is 1.24. The van der Waals surface area contributed by atoms with Crippen molar-refractivity contribution in [3.63, 3.8) is 0 Å². The van der Waals surface area contributed by atoms with Crippen molar-refractivity contribution in [3.05, 3.63) is 29.8 Å². The number of thiazole rings is 1. The maximum atomic E-state index is 4.14. The van der Waals surface area contributed by atoms with Crippen LogP contribution in [0.3, 0.4) is 0 Å². The van der Waals surface area contributed by atoms with Gasteiger partial charge in [0.05, 0.1) is 15.7 Å². The summed E-state index contributed by atoms with van der Waals surface area (Å²) in [5.74, 6) is 0. The molecule has 1 aromatic heterocycles. The lowest BCUT2D eigenvalue weighted by atomic mass is 10.3. The molecule has 0 bridgehead atoms. The fourth-order valence-corrected chi connectivity index (χ4v) is 1.48. The summed E-state index contributed by atoms with van der Waals surface area (Å²) in [5.41, 5.74) is 2.97. The Morgan fingerprint density at radius 1 is 1.20 bits per heavy atom. The first-order chi connectivity index (χ1) is 4.47. The molecular weight excluding hydrogens is 210 g/mol. The van der Waals surface area contributed by atoms with Gasteiger partial charge in [0, 0.05) is 0 Å². The van der Waals surface area contributed by atoms with Gasteiger partial charge in [0.25, 0.3) is 0 Å². The van der Waals surface area contributed by atoms with Gasteiger partial charge in [-0.05, 0) is 12.1 Å². The number of para-hydroxylation sites is 1. The fraction of sp³-hybridized carbons (Fsp3) is 0. The Morgan fingerprint density at radius 3 is 2.80 bits per heavy atom. The van der Waals surface area contributed by atoms with Gasteiger partial charge >= 0.3 is 0 Å².